The Morgan fingerprint density at radius 3 is 2.15 bits per heavy atom. The van der Waals surface area contributed by atoms with Crippen molar-refractivity contribution in [1.29, 1.82) is 0 Å². The number of hydrogen-bond acceptors (Lipinski definition) is 1. The van der Waals surface area contributed by atoms with E-state index in [2.05, 4.69) is 38.8 Å². The molecule has 0 fully saturated rings. The molecule has 0 saturated heterocycles. The van der Waals surface area contributed by atoms with Gasteiger partial charge in [0, 0.05) is 8.95 Å². The highest BCUT2D eigenvalue weighted by Gasteiger charge is 2.11. The molecule has 1 rings (SSSR count). The first-order chi connectivity index (χ1) is 9.65. The second-order valence-electron chi connectivity index (χ2n) is 5.45. The highest BCUT2D eigenvalue weighted by Crippen LogP contribution is 2.29. The molecule has 3 heteroatoms. The minimum Gasteiger partial charge on any atom is -0.388 e. The first-order valence-electron chi connectivity index (χ1n) is 7.78. The molecule has 1 atom stereocenters. The minimum atomic E-state index is -0.349. The highest BCUT2D eigenvalue weighted by molar-refractivity contribution is 9.11. The first-order valence-corrected chi connectivity index (χ1v) is 9.36. The summed E-state index contributed by atoms with van der Waals surface area (Å²) in [6.45, 7) is 2.25. The molecule has 1 aromatic rings. The van der Waals surface area contributed by atoms with Crippen molar-refractivity contribution in [3.05, 3.63) is 32.7 Å². The van der Waals surface area contributed by atoms with Gasteiger partial charge in [-0.2, -0.15) is 0 Å². The Bertz CT molecular complexity index is 379. The van der Waals surface area contributed by atoms with Crippen LogP contribution >= 0.6 is 31.9 Å². The zero-order valence-corrected chi connectivity index (χ0v) is 15.5. The zero-order valence-electron chi connectivity index (χ0n) is 12.4. The zero-order chi connectivity index (χ0) is 14.8. The van der Waals surface area contributed by atoms with Crippen LogP contribution in [-0.2, 0) is 0 Å². The van der Waals surface area contributed by atoms with Gasteiger partial charge in [0.2, 0.25) is 0 Å². The predicted molar refractivity (Wildman–Crippen MR) is 94.0 cm³/mol. The third kappa shape index (κ3) is 7.24. The summed E-state index contributed by atoms with van der Waals surface area (Å²) in [5.74, 6) is 0. The van der Waals surface area contributed by atoms with E-state index in [9.17, 15) is 5.11 Å². The summed E-state index contributed by atoms with van der Waals surface area (Å²) in [4.78, 5) is 0. The van der Waals surface area contributed by atoms with Crippen LogP contribution in [0.2, 0.25) is 0 Å². The number of aliphatic hydroxyl groups is 1. The van der Waals surface area contributed by atoms with Crippen LogP contribution in [0.15, 0.2) is 27.1 Å². The molecular weight excluding hydrogens is 380 g/mol. The summed E-state index contributed by atoms with van der Waals surface area (Å²) < 4.78 is 2.02. The Hall–Kier alpha value is 0.140. The number of rotatable bonds is 10. The first kappa shape index (κ1) is 18.2. The van der Waals surface area contributed by atoms with Gasteiger partial charge in [0.1, 0.15) is 0 Å². The molecule has 0 amide bonds. The van der Waals surface area contributed by atoms with Gasteiger partial charge in [-0.05, 0) is 24.1 Å². The number of unbranched alkanes of at least 4 members (excludes halogenated alkanes) is 7. The van der Waals surface area contributed by atoms with Crippen molar-refractivity contribution in [2.75, 3.05) is 0 Å². The fourth-order valence-electron chi connectivity index (χ4n) is 2.40. The smallest absolute Gasteiger partial charge is 0.0801 e. The van der Waals surface area contributed by atoms with E-state index in [1.807, 2.05) is 18.2 Å². The number of benzene rings is 1. The molecule has 0 spiro atoms. The summed E-state index contributed by atoms with van der Waals surface area (Å²) in [6, 6.07) is 5.97. The molecule has 0 bridgehead atoms. The molecule has 1 N–H and O–H groups in total. The van der Waals surface area contributed by atoms with E-state index in [0.717, 1.165) is 27.4 Å². The van der Waals surface area contributed by atoms with Crippen molar-refractivity contribution in [2.24, 2.45) is 0 Å². The van der Waals surface area contributed by atoms with Gasteiger partial charge in [0.05, 0.1) is 6.10 Å². The summed E-state index contributed by atoms with van der Waals surface area (Å²) >= 11 is 6.95. The summed E-state index contributed by atoms with van der Waals surface area (Å²) in [5.41, 5.74) is 0.996. The normalized spacial score (nSPS) is 12.6. The van der Waals surface area contributed by atoms with E-state index < -0.39 is 0 Å². The van der Waals surface area contributed by atoms with Crippen LogP contribution in [-0.4, -0.2) is 5.11 Å². The Morgan fingerprint density at radius 1 is 0.950 bits per heavy atom. The third-order valence-electron chi connectivity index (χ3n) is 3.65. The molecule has 0 aliphatic rings. The van der Waals surface area contributed by atoms with E-state index in [1.54, 1.807) is 0 Å². The largest absolute Gasteiger partial charge is 0.388 e. The van der Waals surface area contributed by atoms with Gasteiger partial charge in [-0.3, -0.25) is 0 Å². The maximum absolute atomic E-state index is 10.2. The Kier molecular flexibility index (Phi) is 9.83. The molecule has 0 heterocycles. The molecule has 1 aromatic carbocycles. The topological polar surface area (TPSA) is 20.2 Å². The molecule has 0 aromatic heterocycles. The van der Waals surface area contributed by atoms with E-state index in [0.29, 0.717) is 0 Å². The molecule has 1 unspecified atom stereocenters. The van der Waals surface area contributed by atoms with Crippen LogP contribution in [0, 0.1) is 0 Å². The minimum absolute atomic E-state index is 0.349. The Balaban J connectivity index is 2.15. The van der Waals surface area contributed by atoms with Crippen LogP contribution in [0.5, 0.6) is 0 Å². The summed E-state index contributed by atoms with van der Waals surface area (Å²) in [6.07, 6.45) is 10.9. The van der Waals surface area contributed by atoms with Gasteiger partial charge in [-0.15, -0.1) is 0 Å². The number of halogens is 2. The van der Waals surface area contributed by atoms with Gasteiger partial charge in [-0.1, -0.05) is 96.2 Å². The maximum atomic E-state index is 10.2. The van der Waals surface area contributed by atoms with Crippen molar-refractivity contribution >= 4 is 31.9 Å². The van der Waals surface area contributed by atoms with Gasteiger partial charge < -0.3 is 5.11 Å². The lowest BCUT2D eigenvalue weighted by molar-refractivity contribution is 0.162. The lowest BCUT2D eigenvalue weighted by Crippen LogP contribution is -1.98. The summed E-state index contributed by atoms with van der Waals surface area (Å²) in [5, 5.41) is 10.2. The van der Waals surface area contributed by atoms with E-state index >= 15 is 0 Å². The lowest BCUT2D eigenvalue weighted by Gasteiger charge is -2.13. The third-order valence-corrected chi connectivity index (χ3v) is 4.83. The van der Waals surface area contributed by atoms with Crippen LogP contribution in [0.25, 0.3) is 0 Å². The molecule has 0 radical (unpaired) electrons. The van der Waals surface area contributed by atoms with Crippen LogP contribution < -0.4 is 0 Å². The second kappa shape index (κ2) is 10.8. The number of aliphatic hydroxyl groups excluding tert-OH is 1. The molecule has 1 nitrogen and oxygen atoms in total. The SMILES string of the molecule is CCCCCCCCCCC(O)c1ccc(Br)cc1Br. The van der Waals surface area contributed by atoms with Crippen LogP contribution in [0.4, 0.5) is 0 Å². The Labute approximate surface area is 140 Å². The van der Waals surface area contributed by atoms with Crippen molar-refractivity contribution in [3.8, 4) is 0 Å². The average molecular weight is 406 g/mol. The number of hydrogen-bond donors (Lipinski definition) is 1. The average Bonchev–Trinajstić information content (AvgIpc) is 2.41. The molecule has 0 saturated carbocycles. The Morgan fingerprint density at radius 2 is 1.55 bits per heavy atom. The van der Waals surface area contributed by atoms with Gasteiger partial charge in [0.25, 0.3) is 0 Å². The van der Waals surface area contributed by atoms with E-state index in [1.165, 1.54) is 44.9 Å². The summed E-state index contributed by atoms with van der Waals surface area (Å²) in [7, 11) is 0. The van der Waals surface area contributed by atoms with Crippen LogP contribution in [0.1, 0.15) is 76.4 Å². The quantitative estimate of drug-likeness (QED) is 0.425. The predicted octanol–water partition coefficient (Wildman–Crippen LogP) is 6.78. The highest BCUT2D eigenvalue weighted by atomic mass is 79.9. The molecular formula is C17H26Br2O. The lowest BCUT2D eigenvalue weighted by atomic mass is 10.0. The van der Waals surface area contributed by atoms with Crippen LogP contribution in [0.3, 0.4) is 0 Å². The second-order valence-corrected chi connectivity index (χ2v) is 7.22. The molecule has 0 aliphatic heterocycles. The maximum Gasteiger partial charge on any atom is 0.0801 e. The van der Waals surface area contributed by atoms with Crippen molar-refractivity contribution in [2.45, 2.75) is 70.8 Å². The van der Waals surface area contributed by atoms with Crippen molar-refractivity contribution in [1.82, 2.24) is 0 Å². The fourth-order valence-corrected chi connectivity index (χ4v) is 3.71. The van der Waals surface area contributed by atoms with Gasteiger partial charge in [-0.25, -0.2) is 0 Å². The van der Waals surface area contributed by atoms with E-state index in [-0.39, 0.29) is 6.10 Å². The monoisotopic (exact) mass is 404 g/mol. The van der Waals surface area contributed by atoms with Gasteiger partial charge in [0.15, 0.2) is 0 Å². The van der Waals surface area contributed by atoms with E-state index in [4.69, 9.17) is 0 Å². The van der Waals surface area contributed by atoms with Crippen molar-refractivity contribution in [3.63, 3.8) is 0 Å². The van der Waals surface area contributed by atoms with Gasteiger partial charge >= 0.3 is 0 Å². The molecule has 114 valence electrons. The fraction of sp³-hybridized carbons (Fsp3) is 0.647. The standard InChI is InChI=1S/C17H26Br2O/c1-2-3-4-5-6-7-8-9-10-17(20)15-12-11-14(18)13-16(15)19/h11-13,17,20H,2-10H2,1H3. The molecule has 0 aliphatic carbocycles. The molecule has 20 heavy (non-hydrogen) atoms. The van der Waals surface area contributed by atoms with Crippen molar-refractivity contribution < 1.29 is 5.11 Å².